The van der Waals surface area contributed by atoms with Crippen LogP contribution in [0.5, 0.6) is 0 Å². The van der Waals surface area contributed by atoms with Gasteiger partial charge in [0.05, 0.1) is 24.4 Å². The highest BCUT2D eigenvalue weighted by Crippen LogP contribution is 2.80. The van der Waals surface area contributed by atoms with Crippen LogP contribution in [0.3, 0.4) is 0 Å². The number of methoxy groups -OCH3 is 4. The largest absolute Gasteiger partial charge is 0.455 e. The van der Waals surface area contributed by atoms with E-state index < -0.39 is 64.8 Å². The molecule has 44 heavy (non-hydrogen) atoms. The molecule has 1 aromatic rings. The summed E-state index contributed by atoms with van der Waals surface area (Å²) in [6.07, 6.45) is -2.66. The first-order valence-electron chi connectivity index (χ1n) is 15.7. The number of fused-ring (bicyclic) bond motifs is 2. The van der Waals surface area contributed by atoms with Crippen LogP contribution in [0.2, 0.25) is 0 Å². The molecule has 0 unspecified atom stereocenters. The van der Waals surface area contributed by atoms with Gasteiger partial charge >= 0.3 is 11.9 Å². The molecule has 11 heteroatoms. The predicted molar refractivity (Wildman–Crippen MR) is 154 cm³/mol. The van der Waals surface area contributed by atoms with Crippen LogP contribution in [0.1, 0.15) is 36.5 Å². The maximum Gasteiger partial charge on any atom is 0.338 e. The number of hydrogen-bond acceptors (Lipinski definition) is 11. The van der Waals surface area contributed by atoms with Gasteiger partial charge in [0.15, 0.2) is 5.60 Å². The third kappa shape index (κ3) is 3.41. The van der Waals surface area contributed by atoms with E-state index in [9.17, 15) is 19.8 Å². The molecule has 11 nitrogen and oxygen atoms in total. The number of esters is 2. The quantitative estimate of drug-likeness (QED) is 0.410. The maximum absolute atomic E-state index is 13.7. The maximum atomic E-state index is 13.7. The molecule has 5 aliphatic carbocycles. The third-order valence-corrected chi connectivity index (χ3v) is 12.8. The van der Waals surface area contributed by atoms with Crippen molar-refractivity contribution in [3.63, 3.8) is 0 Å². The molecule has 1 spiro atoms. The number of likely N-dealkylation sites (tertiary alicyclic amines) is 1. The Balaban J connectivity index is 1.51. The van der Waals surface area contributed by atoms with E-state index in [1.807, 2.05) is 6.07 Å². The van der Waals surface area contributed by atoms with Gasteiger partial charge in [-0.25, -0.2) is 4.79 Å². The van der Waals surface area contributed by atoms with Crippen LogP contribution in [0, 0.1) is 34.5 Å². The van der Waals surface area contributed by atoms with Gasteiger partial charge in [0, 0.05) is 76.5 Å². The molecule has 7 bridgehead atoms. The highest BCUT2D eigenvalue weighted by atomic mass is 16.6. The van der Waals surface area contributed by atoms with Crippen LogP contribution < -0.4 is 0 Å². The fourth-order valence-electron chi connectivity index (χ4n) is 12.3. The van der Waals surface area contributed by atoms with Crippen molar-refractivity contribution in [3.8, 4) is 0 Å². The molecule has 6 fully saturated rings. The SMILES string of the molecule is COC[C@@]12CC[C@H](OC)[C@@]34[C@@H]5C[C@@]6(O)[C@H](OC(=O)c7ccccc7)[C@@H]5[C@](OC(C)=O)([C@@H]([C@@H](OC)[C@H]13)[C@H]4N(C)C2)[C@@H](O)[C@@H]6OC. The highest BCUT2D eigenvalue weighted by Gasteiger charge is 2.91. The molecule has 7 rings (SSSR count). The van der Waals surface area contributed by atoms with Crippen LogP contribution in [-0.4, -0.2) is 123 Å². The van der Waals surface area contributed by atoms with Gasteiger partial charge in [-0.2, -0.15) is 0 Å². The summed E-state index contributed by atoms with van der Waals surface area (Å²) in [6.45, 7) is 2.56. The molecule has 242 valence electrons. The molecule has 0 radical (unpaired) electrons. The number of carbonyl (C=O) groups is 2. The Kier molecular flexibility index (Phi) is 7.07. The smallest absolute Gasteiger partial charge is 0.338 e. The lowest BCUT2D eigenvalue weighted by Crippen LogP contribution is -2.80. The van der Waals surface area contributed by atoms with Crippen molar-refractivity contribution < 1.29 is 48.2 Å². The number of rotatable bonds is 8. The summed E-state index contributed by atoms with van der Waals surface area (Å²) in [5.74, 6) is -2.96. The first kappa shape index (κ1) is 30.5. The summed E-state index contributed by atoms with van der Waals surface area (Å²) in [5, 5.41) is 25.1. The zero-order chi connectivity index (χ0) is 31.4. The first-order chi connectivity index (χ1) is 21.0. The van der Waals surface area contributed by atoms with E-state index in [-0.39, 0.29) is 35.8 Å². The minimum Gasteiger partial charge on any atom is -0.455 e. The molecule has 1 heterocycles. The van der Waals surface area contributed by atoms with Gasteiger partial charge in [-0.15, -0.1) is 0 Å². The van der Waals surface area contributed by atoms with Crippen molar-refractivity contribution in [1.29, 1.82) is 0 Å². The number of aliphatic hydroxyl groups is 2. The normalized spacial score (nSPS) is 49.9. The van der Waals surface area contributed by atoms with E-state index in [0.29, 0.717) is 12.2 Å². The van der Waals surface area contributed by atoms with Crippen LogP contribution in [0.25, 0.3) is 0 Å². The minimum absolute atomic E-state index is 0.103. The predicted octanol–water partition coefficient (Wildman–Crippen LogP) is 1.29. The van der Waals surface area contributed by atoms with Crippen LogP contribution >= 0.6 is 0 Å². The van der Waals surface area contributed by atoms with E-state index >= 15 is 0 Å². The second kappa shape index (κ2) is 10.2. The molecule has 1 aromatic carbocycles. The molecular weight excluding hydrogens is 570 g/mol. The number of hydrogen-bond donors (Lipinski definition) is 2. The van der Waals surface area contributed by atoms with E-state index in [1.165, 1.54) is 14.0 Å². The Hall–Kier alpha value is -2.12. The third-order valence-electron chi connectivity index (χ3n) is 12.8. The summed E-state index contributed by atoms with van der Waals surface area (Å²) in [7, 11) is 8.63. The van der Waals surface area contributed by atoms with Gasteiger partial charge in [0.2, 0.25) is 0 Å². The summed E-state index contributed by atoms with van der Waals surface area (Å²) in [6, 6.07) is 8.39. The Labute approximate surface area is 258 Å². The van der Waals surface area contributed by atoms with Gasteiger partial charge in [0.1, 0.15) is 23.9 Å². The molecule has 5 saturated carbocycles. The Morgan fingerprint density at radius 2 is 1.75 bits per heavy atom. The first-order valence-corrected chi connectivity index (χ1v) is 15.7. The molecule has 14 atom stereocenters. The fourth-order valence-corrected chi connectivity index (χ4v) is 12.3. The average molecular weight is 616 g/mol. The summed E-state index contributed by atoms with van der Waals surface area (Å²) in [4.78, 5) is 29.2. The van der Waals surface area contributed by atoms with E-state index in [1.54, 1.807) is 45.6 Å². The summed E-state index contributed by atoms with van der Waals surface area (Å²) in [5.41, 5.74) is -3.93. The molecule has 1 aliphatic heterocycles. The Morgan fingerprint density at radius 1 is 1.02 bits per heavy atom. The topological polar surface area (TPSA) is 133 Å². The molecule has 2 N–H and O–H groups in total. The lowest BCUT2D eigenvalue weighted by atomic mass is 9.43. The number of nitrogens with zero attached hydrogens (tertiary/aromatic N) is 1. The molecular formula is C33H45NO10. The van der Waals surface area contributed by atoms with Crippen molar-refractivity contribution in [2.24, 2.45) is 34.5 Å². The average Bonchev–Trinajstić information content (AvgIpc) is 3.39. The number of aliphatic hydroxyl groups excluding tert-OH is 1. The lowest BCUT2D eigenvalue weighted by Gasteiger charge is -2.69. The number of carbonyl (C=O) groups excluding carboxylic acids is 2. The molecule has 6 aliphatic rings. The molecule has 1 saturated heterocycles. The van der Waals surface area contributed by atoms with E-state index in [2.05, 4.69) is 11.9 Å². The van der Waals surface area contributed by atoms with Crippen molar-refractivity contribution in [2.45, 2.75) is 73.9 Å². The molecule has 0 aromatic heterocycles. The van der Waals surface area contributed by atoms with Gasteiger partial charge in [-0.1, -0.05) is 18.2 Å². The Morgan fingerprint density at radius 3 is 2.36 bits per heavy atom. The van der Waals surface area contributed by atoms with Crippen molar-refractivity contribution >= 4 is 11.9 Å². The minimum atomic E-state index is -1.76. The standard InChI is InChI=1S/C33H45NO10/c1-17(35)44-33-21-19(14-31(38,28(42-6)26(33)36)27(21)43-29(37)18-10-8-7-9-11-18)32-20(40-4)12-13-30(16-39-3)15-34(2)25(32)22(33)23(41-5)24(30)32/h7-11,19-28,36,38H,12-16H2,1-6H3/t19-,20+,21-,22+,23-,24-,25-,26+,27-,28+,30+,31-,32+,33+/m1/s1. The highest BCUT2D eigenvalue weighted by molar-refractivity contribution is 5.89. The van der Waals surface area contributed by atoms with Crippen molar-refractivity contribution in [2.75, 3.05) is 48.6 Å². The second-order valence-electron chi connectivity index (χ2n) is 14.2. The summed E-state index contributed by atoms with van der Waals surface area (Å²) < 4.78 is 37.5. The van der Waals surface area contributed by atoms with Gasteiger partial charge < -0.3 is 43.5 Å². The number of benzene rings is 1. The van der Waals surface area contributed by atoms with E-state index in [4.69, 9.17) is 28.4 Å². The van der Waals surface area contributed by atoms with Gasteiger partial charge in [-0.05, 0) is 44.4 Å². The Bertz CT molecular complexity index is 1310. The zero-order valence-corrected chi connectivity index (χ0v) is 26.3. The van der Waals surface area contributed by atoms with Crippen molar-refractivity contribution in [1.82, 2.24) is 4.90 Å². The number of ether oxygens (including phenoxy) is 6. The monoisotopic (exact) mass is 615 g/mol. The van der Waals surface area contributed by atoms with Gasteiger partial charge in [0.25, 0.3) is 0 Å². The molecule has 0 amide bonds. The van der Waals surface area contributed by atoms with E-state index in [0.717, 1.165) is 19.4 Å². The zero-order valence-electron chi connectivity index (χ0n) is 26.3. The second-order valence-corrected chi connectivity index (χ2v) is 14.2. The van der Waals surface area contributed by atoms with Crippen LogP contribution in [0.15, 0.2) is 30.3 Å². The van der Waals surface area contributed by atoms with Crippen molar-refractivity contribution in [3.05, 3.63) is 35.9 Å². The summed E-state index contributed by atoms with van der Waals surface area (Å²) >= 11 is 0. The lowest BCUT2D eigenvalue weighted by molar-refractivity contribution is -0.316. The fraction of sp³-hybridized carbons (Fsp3) is 0.758. The van der Waals surface area contributed by atoms with Gasteiger partial charge in [-0.3, -0.25) is 4.79 Å². The van der Waals surface area contributed by atoms with Crippen LogP contribution in [0.4, 0.5) is 0 Å². The van der Waals surface area contributed by atoms with Crippen LogP contribution in [-0.2, 0) is 33.2 Å². The number of piperidine rings is 1.